The van der Waals surface area contributed by atoms with E-state index in [1.165, 1.54) is 5.56 Å². The summed E-state index contributed by atoms with van der Waals surface area (Å²) in [6.45, 7) is 12.6. The molecule has 1 saturated heterocycles. The number of hydrogen-bond donors (Lipinski definition) is 1. The molecule has 118 valence electrons. The summed E-state index contributed by atoms with van der Waals surface area (Å²) >= 11 is 0. The third-order valence-electron chi connectivity index (χ3n) is 5.01. The van der Waals surface area contributed by atoms with Crippen molar-refractivity contribution in [3.63, 3.8) is 0 Å². The highest BCUT2D eigenvalue weighted by Crippen LogP contribution is 2.27. The normalized spacial score (nSPS) is 22.9. The molecule has 1 heterocycles. The van der Waals surface area contributed by atoms with Gasteiger partial charge in [0.15, 0.2) is 0 Å². The second-order valence-corrected chi connectivity index (χ2v) is 7.40. The lowest BCUT2D eigenvalue weighted by Crippen LogP contribution is -2.60. The maximum atomic E-state index is 3.39. The molecule has 0 aromatic heterocycles. The first-order chi connectivity index (χ1) is 9.87. The van der Waals surface area contributed by atoms with Crippen LogP contribution >= 0.6 is 0 Å². The maximum Gasteiger partial charge on any atom is 0.0277 e. The van der Waals surface area contributed by atoms with Crippen molar-refractivity contribution in [1.82, 2.24) is 15.1 Å². The van der Waals surface area contributed by atoms with E-state index in [0.29, 0.717) is 0 Å². The molecule has 0 saturated carbocycles. The predicted octanol–water partition coefficient (Wildman–Crippen LogP) is 2.19. The van der Waals surface area contributed by atoms with Crippen molar-refractivity contribution in [2.45, 2.75) is 31.7 Å². The van der Waals surface area contributed by atoms with Gasteiger partial charge in [-0.3, -0.25) is 9.80 Å². The van der Waals surface area contributed by atoms with E-state index in [1.54, 1.807) is 0 Å². The number of hydrogen-bond acceptors (Lipinski definition) is 3. The molecular weight excluding hydrogens is 258 g/mol. The zero-order valence-electron chi connectivity index (χ0n) is 14.3. The number of rotatable bonds is 5. The van der Waals surface area contributed by atoms with E-state index < -0.39 is 0 Å². The SMILES string of the molecule is CNCC(C)(CN1CCN(C)C(C)(C)C1)c1ccccc1. The van der Waals surface area contributed by atoms with Crippen LogP contribution in [0.3, 0.4) is 0 Å². The second-order valence-electron chi connectivity index (χ2n) is 7.40. The average molecular weight is 289 g/mol. The van der Waals surface area contributed by atoms with Crippen LogP contribution < -0.4 is 5.32 Å². The summed E-state index contributed by atoms with van der Waals surface area (Å²) in [5.41, 5.74) is 1.84. The van der Waals surface area contributed by atoms with E-state index in [2.05, 4.69) is 80.3 Å². The number of nitrogens with one attached hydrogen (secondary N) is 1. The van der Waals surface area contributed by atoms with Crippen LogP contribution in [-0.2, 0) is 5.41 Å². The molecule has 1 aromatic carbocycles. The van der Waals surface area contributed by atoms with E-state index in [1.807, 2.05) is 0 Å². The zero-order chi connectivity index (χ0) is 15.5. The molecule has 0 bridgehead atoms. The maximum absolute atomic E-state index is 3.39. The van der Waals surface area contributed by atoms with Crippen LogP contribution in [0.15, 0.2) is 30.3 Å². The minimum atomic E-state index is 0.155. The van der Waals surface area contributed by atoms with Crippen molar-refractivity contribution in [3.05, 3.63) is 35.9 Å². The van der Waals surface area contributed by atoms with Crippen LogP contribution in [-0.4, -0.2) is 62.2 Å². The van der Waals surface area contributed by atoms with Gasteiger partial charge in [-0.1, -0.05) is 37.3 Å². The van der Waals surface area contributed by atoms with Crippen LogP contribution in [0.1, 0.15) is 26.3 Å². The second kappa shape index (κ2) is 6.47. The summed E-state index contributed by atoms with van der Waals surface area (Å²) in [7, 11) is 4.29. The Bertz CT molecular complexity index is 443. The minimum Gasteiger partial charge on any atom is -0.319 e. The predicted molar refractivity (Wildman–Crippen MR) is 90.9 cm³/mol. The average Bonchev–Trinajstić information content (AvgIpc) is 2.44. The monoisotopic (exact) mass is 289 g/mol. The third-order valence-corrected chi connectivity index (χ3v) is 5.01. The van der Waals surface area contributed by atoms with Gasteiger partial charge < -0.3 is 5.32 Å². The molecule has 0 aliphatic carbocycles. The highest BCUT2D eigenvalue weighted by Gasteiger charge is 2.35. The van der Waals surface area contributed by atoms with Gasteiger partial charge in [-0.2, -0.15) is 0 Å². The van der Waals surface area contributed by atoms with Gasteiger partial charge in [-0.25, -0.2) is 0 Å². The molecule has 21 heavy (non-hydrogen) atoms. The molecule has 0 amide bonds. The fourth-order valence-corrected chi connectivity index (χ4v) is 3.45. The van der Waals surface area contributed by atoms with E-state index in [-0.39, 0.29) is 11.0 Å². The van der Waals surface area contributed by atoms with Crippen LogP contribution in [0.4, 0.5) is 0 Å². The number of benzene rings is 1. The molecule has 1 aliphatic rings. The Labute approximate surface area is 130 Å². The Morgan fingerprint density at radius 1 is 1.19 bits per heavy atom. The van der Waals surface area contributed by atoms with Crippen molar-refractivity contribution >= 4 is 0 Å². The molecular formula is C18H31N3. The lowest BCUT2D eigenvalue weighted by atomic mass is 9.81. The summed E-state index contributed by atoms with van der Waals surface area (Å²) < 4.78 is 0. The fraction of sp³-hybridized carbons (Fsp3) is 0.667. The molecule has 2 rings (SSSR count). The van der Waals surface area contributed by atoms with Crippen molar-refractivity contribution < 1.29 is 0 Å². The van der Waals surface area contributed by atoms with Crippen molar-refractivity contribution in [2.75, 3.05) is 46.8 Å². The Morgan fingerprint density at radius 3 is 2.43 bits per heavy atom. The summed E-state index contributed by atoms with van der Waals surface area (Å²) in [5, 5.41) is 3.39. The topological polar surface area (TPSA) is 18.5 Å². The third kappa shape index (κ3) is 3.85. The largest absolute Gasteiger partial charge is 0.319 e. The van der Waals surface area contributed by atoms with E-state index >= 15 is 0 Å². The Kier molecular flexibility index (Phi) is 5.07. The minimum absolute atomic E-state index is 0.155. The number of piperazine rings is 1. The quantitative estimate of drug-likeness (QED) is 0.896. The molecule has 1 fully saturated rings. The van der Waals surface area contributed by atoms with Crippen molar-refractivity contribution in [1.29, 1.82) is 0 Å². The lowest BCUT2D eigenvalue weighted by Gasteiger charge is -2.48. The van der Waals surface area contributed by atoms with Gasteiger partial charge in [-0.15, -0.1) is 0 Å². The van der Waals surface area contributed by atoms with Gasteiger partial charge in [0.1, 0.15) is 0 Å². The highest BCUT2D eigenvalue weighted by atomic mass is 15.3. The summed E-state index contributed by atoms with van der Waals surface area (Å²) in [6.07, 6.45) is 0. The molecule has 1 aromatic rings. The number of likely N-dealkylation sites (N-methyl/N-ethyl adjacent to an activating group) is 2. The van der Waals surface area contributed by atoms with Crippen molar-refractivity contribution in [3.8, 4) is 0 Å². The molecule has 3 heteroatoms. The molecule has 1 aliphatic heterocycles. The Hall–Kier alpha value is -0.900. The van der Waals surface area contributed by atoms with Crippen LogP contribution in [0, 0.1) is 0 Å². The molecule has 1 unspecified atom stereocenters. The first-order valence-electron chi connectivity index (χ1n) is 8.01. The van der Waals surface area contributed by atoms with Gasteiger partial charge in [0.25, 0.3) is 0 Å². The molecule has 0 spiro atoms. The smallest absolute Gasteiger partial charge is 0.0277 e. The standard InChI is InChI=1S/C18H31N3/c1-17(2)14-21(12-11-20(17)5)15-18(3,13-19-4)16-9-7-6-8-10-16/h6-10,19H,11-15H2,1-5H3. The van der Waals surface area contributed by atoms with E-state index in [4.69, 9.17) is 0 Å². The fourth-order valence-electron chi connectivity index (χ4n) is 3.45. The lowest BCUT2D eigenvalue weighted by molar-refractivity contribution is 0.0294. The zero-order valence-corrected chi connectivity index (χ0v) is 14.3. The summed E-state index contributed by atoms with van der Waals surface area (Å²) in [4.78, 5) is 5.10. The summed E-state index contributed by atoms with van der Waals surface area (Å²) in [5.74, 6) is 0. The van der Waals surface area contributed by atoms with Gasteiger partial charge >= 0.3 is 0 Å². The molecule has 3 nitrogen and oxygen atoms in total. The van der Waals surface area contributed by atoms with Gasteiger partial charge in [0, 0.05) is 43.7 Å². The first kappa shape index (κ1) is 16.5. The summed E-state index contributed by atoms with van der Waals surface area (Å²) in [6, 6.07) is 10.9. The van der Waals surface area contributed by atoms with Crippen LogP contribution in [0.5, 0.6) is 0 Å². The van der Waals surface area contributed by atoms with Gasteiger partial charge in [-0.05, 0) is 33.5 Å². The molecule has 0 radical (unpaired) electrons. The first-order valence-corrected chi connectivity index (χ1v) is 8.01. The molecule has 1 atom stereocenters. The Balaban J connectivity index is 2.14. The molecule has 1 N–H and O–H groups in total. The van der Waals surface area contributed by atoms with Crippen LogP contribution in [0.25, 0.3) is 0 Å². The number of nitrogens with zero attached hydrogens (tertiary/aromatic N) is 2. The van der Waals surface area contributed by atoms with E-state index in [9.17, 15) is 0 Å². The van der Waals surface area contributed by atoms with Gasteiger partial charge in [0.2, 0.25) is 0 Å². The van der Waals surface area contributed by atoms with Crippen molar-refractivity contribution in [2.24, 2.45) is 0 Å². The van der Waals surface area contributed by atoms with Crippen LogP contribution in [0.2, 0.25) is 0 Å². The van der Waals surface area contributed by atoms with E-state index in [0.717, 1.165) is 32.7 Å². The Morgan fingerprint density at radius 2 is 1.86 bits per heavy atom. The highest BCUT2D eigenvalue weighted by molar-refractivity contribution is 5.25. The van der Waals surface area contributed by atoms with Gasteiger partial charge in [0.05, 0.1) is 0 Å².